The second-order valence-electron chi connectivity index (χ2n) is 6.48. The summed E-state index contributed by atoms with van der Waals surface area (Å²) in [6, 6.07) is 7.34. The molecule has 0 bridgehead atoms. The lowest BCUT2D eigenvalue weighted by Crippen LogP contribution is -2.24. The molecule has 3 aromatic rings. The number of hydrogen-bond acceptors (Lipinski definition) is 6. The number of halogens is 3. The first-order valence-corrected chi connectivity index (χ1v) is 10.1. The lowest BCUT2D eigenvalue weighted by molar-refractivity contribution is -0.137. The summed E-state index contributed by atoms with van der Waals surface area (Å²) in [5.74, 6) is -1.30. The van der Waals surface area contributed by atoms with Crippen LogP contribution in [0.1, 0.15) is 27.9 Å². The Balaban J connectivity index is 1.75. The molecular formula is C19H16F3N5O3S2. The average Bonchev–Trinajstić information content (AvgIpc) is 3.30. The van der Waals surface area contributed by atoms with Crippen LogP contribution in [0.15, 0.2) is 41.5 Å². The number of carboxylic acid groups (broad SMARTS) is 1. The number of hydrogen-bond donors (Lipinski definition) is 4. The van der Waals surface area contributed by atoms with Gasteiger partial charge in [0.25, 0.3) is 0 Å². The van der Waals surface area contributed by atoms with Crippen molar-refractivity contribution in [2.75, 3.05) is 5.32 Å². The number of carbonyl (C=O) groups is 1. The van der Waals surface area contributed by atoms with E-state index in [1.165, 1.54) is 22.9 Å². The summed E-state index contributed by atoms with van der Waals surface area (Å²) in [5.41, 5.74) is 2.72. The Morgan fingerprint density at radius 1 is 1.22 bits per heavy atom. The summed E-state index contributed by atoms with van der Waals surface area (Å²) in [4.78, 5) is 11.1. The third kappa shape index (κ3) is 5.06. The highest BCUT2D eigenvalue weighted by Gasteiger charge is 2.30. The van der Waals surface area contributed by atoms with Crippen molar-refractivity contribution in [3.8, 4) is 17.0 Å². The van der Waals surface area contributed by atoms with Crippen molar-refractivity contribution in [2.45, 2.75) is 13.1 Å². The highest BCUT2D eigenvalue weighted by Crippen LogP contribution is 2.35. The number of aromatic nitrogens is 2. The normalized spacial score (nSPS) is 12.0. The van der Waals surface area contributed by atoms with Gasteiger partial charge in [0.15, 0.2) is 16.6 Å². The molecule has 13 heteroatoms. The SMILES string of the molecule is CC(=NNC(=S)Nc1ccc(C(=O)O)s1)c1nn(C)c(-c2ccc(C(F)(F)F)cc2)c1O. The van der Waals surface area contributed by atoms with Crippen molar-refractivity contribution < 1.29 is 28.2 Å². The molecule has 0 fully saturated rings. The number of rotatable bonds is 5. The van der Waals surface area contributed by atoms with Gasteiger partial charge in [-0.25, -0.2) is 4.79 Å². The number of aryl methyl sites for hydroxylation is 1. The monoisotopic (exact) mass is 483 g/mol. The molecule has 1 aromatic carbocycles. The quantitative estimate of drug-likeness (QED) is 0.243. The van der Waals surface area contributed by atoms with Gasteiger partial charge in [0.2, 0.25) is 0 Å². The van der Waals surface area contributed by atoms with Gasteiger partial charge in [-0.1, -0.05) is 12.1 Å². The third-order valence-electron chi connectivity index (χ3n) is 4.23. The molecule has 0 aliphatic rings. The molecule has 8 nitrogen and oxygen atoms in total. The minimum atomic E-state index is -4.46. The second-order valence-corrected chi connectivity index (χ2v) is 7.97. The second kappa shape index (κ2) is 8.96. The standard InChI is InChI=1S/C19H16F3N5O3S2/c1-9(24-25-18(31)23-13-8-7-12(32-13)17(29)30)14-16(28)15(27(2)26-14)10-3-5-11(6-4-10)19(20,21)22/h3-8,28H,1-2H3,(H,29,30)(H2,23,25,31). The van der Waals surface area contributed by atoms with Gasteiger partial charge in [-0.2, -0.15) is 23.4 Å². The lowest BCUT2D eigenvalue weighted by atomic mass is 10.1. The molecule has 2 aromatic heterocycles. The van der Waals surface area contributed by atoms with E-state index in [0.717, 1.165) is 23.5 Å². The molecule has 0 atom stereocenters. The van der Waals surface area contributed by atoms with Gasteiger partial charge in [0, 0.05) is 12.6 Å². The molecule has 0 radical (unpaired) electrons. The number of thiophene rings is 1. The van der Waals surface area contributed by atoms with Crippen molar-refractivity contribution in [1.82, 2.24) is 15.2 Å². The molecule has 0 aliphatic carbocycles. The van der Waals surface area contributed by atoms with E-state index in [-0.39, 0.29) is 32.8 Å². The van der Waals surface area contributed by atoms with Crippen molar-refractivity contribution in [3.05, 3.63) is 52.5 Å². The predicted octanol–water partition coefficient (Wildman–Crippen LogP) is 4.28. The number of benzene rings is 1. The molecular weight excluding hydrogens is 467 g/mol. The fourth-order valence-corrected chi connectivity index (χ4v) is 3.71. The first-order chi connectivity index (χ1) is 15.0. The zero-order valence-electron chi connectivity index (χ0n) is 16.6. The number of nitrogens with zero attached hydrogens (tertiary/aromatic N) is 3. The third-order valence-corrected chi connectivity index (χ3v) is 5.41. The van der Waals surface area contributed by atoms with Crippen molar-refractivity contribution in [3.63, 3.8) is 0 Å². The Morgan fingerprint density at radius 3 is 2.44 bits per heavy atom. The van der Waals surface area contributed by atoms with Crippen LogP contribution < -0.4 is 10.7 Å². The summed E-state index contributed by atoms with van der Waals surface area (Å²) in [6.07, 6.45) is -4.46. The summed E-state index contributed by atoms with van der Waals surface area (Å²) in [7, 11) is 1.54. The molecule has 168 valence electrons. The number of carboxylic acids is 1. The lowest BCUT2D eigenvalue weighted by Gasteiger charge is -2.08. The Kier molecular flexibility index (Phi) is 6.50. The zero-order valence-corrected chi connectivity index (χ0v) is 18.2. The van der Waals surface area contributed by atoms with Crippen LogP contribution in [-0.4, -0.2) is 36.8 Å². The molecule has 3 rings (SSSR count). The first-order valence-electron chi connectivity index (χ1n) is 8.85. The van der Waals surface area contributed by atoms with Gasteiger partial charge in [0.1, 0.15) is 10.6 Å². The van der Waals surface area contributed by atoms with E-state index in [9.17, 15) is 23.1 Å². The van der Waals surface area contributed by atoms with Gasteiger partial charge in [-0.05, 0) is 43.4 Å². The Bertz CT molecular complexity index is 1200. The summed E-state index contributed by atoms with van der Waals surface area (Å²) in [6.45, 7) is 1.56. The fourth-order valence-electron chi connectivity index (χ4n) is 2.74. The van der Waals surface area contributed by atoms with Crippen molar-refractivity contribution >= 4 is 45.3 Å². The summed E-state index contributed by atoms with van der Waals surface area (Å²) < 4.78 is 39.7. The van der Waals surface area contributed by atoms with Gasteiger partial charge < -0.3 is 15.5 Å². The maximum absolute atomic E-state index is 12.8. The van der Waals surface area contributed by atoms with E-state index >= 15 is 0 Å². The minimum absolute atomic E-state index is 0.0847. The maximum Gasteiger partial charge on any atom is 0.416 e. The van der Waals surface area contributed by atoms with Crippen LogP contribution >= 0.6 is 23.6 Å². The number of hydrazone groups is 1. The number of nitrogens with one attached hydrogen (secondary N) is 2. The van der Waals surface area contributed by atoms with Crippen LogP contribution in [0.3, 0.4) is 0 Å². The average molecular weight is 483 g/mol. The van der Waals surface area contributed by atoms with E-state index < -0.39 is 17.7 Å². The van der Waals surface area contributed by atoms with Crippen LogP contribution in [0.4, 0.5) is 18.2 Å². The Labute approximate surface area is 189 Å². The first kappa shape index (κ1) is 23.2. The summed E-state index contributed by atoms with van der Waals surface area (Å²) in [5, 5.41) is 31.2. The highest BCUT2D eigenvalue weighted by atomic mass is 32.1. The van der Waals surface area contributed by atoms with E-state index in [1.54, 1.807) is 20.0 Å². The summed E-state index contributed by atoms with van der Waals surface area (Å²) >= 11 is 6.11. The van der Waals surface area contributed by atoms with E-state index in [0.29, 0.717) is 10.6 Å². The molecule has 0 amide bonds. The minimum Gasteiger partial charge on any atom is -0.504 e. The number of thiocarbonyl (C=S) groups is 1. The largest absolute Gasteiger partial charge is 0.504 e. The molecule has 32 heavy (non-hydrogen) atoms. The molecule has 0 saturated carbocycles. The Morgan fingerprint density at radius 2 is 1.88 bits per heavy atom. The fraction of sp³-hybridized carbons (Fsp3) is 0.158. The van der Waals surface area contributed by atoms with Gasteiger partial charge in [-0.15, -0.1) is 11.3 Å². The van der Waals surface area contributed by atoms with E-state index in [2.05, 4.69) is 20.9 Å². The molecule has 0 unspecified atom stereocenters. The number of aromatic carboxylic acids is 1. The zero-order chi connectivity index (χ0) is 23.6. The number of anilines is 1. The topological polar surface area (TPSA) is 112 Å². The van der Waals surface area contributed by atoms with Crippen LogP contribution in [0.2, 0.25) is 0 Å². The van der Waals surface area contributed by atoms with Crippen LogP contribution in [0, 0.1) is 0 Å². The van der Waals surface area contributed by atoms with Crippen LogP contribution in [0.5, 0.6) is 5.75 Å². The van der Waals surface area contributed by atoms with Gasteiger partial charge in [0.05, 0.1) is 16.3 Å². The van der Waals surface area contributed by atoms with Gasteiger partial charge >= 0.3 is 12.1 Å². The van der Waals surface area contributed by atoms with Crippen LogP contribution in [0.25, 0.3) is 11.3 Å². The van der Waals surface area contributed by atoms with Gasteiger partial charge in [-0.3, -0.25) is 10.1 Å². The highest BCUT2D eigenvalue weighted by molar-refractivity contribution is 7.80. The van der Waals surface area contributed by atoms with Crippen LogP contribution in [-0.2, 0) is 13.2 Å². The molecule has 0 spiro atoms. The number of aromatic hydroxyl groups is 1. The predicted molar refractivity (Wildman–Crippen MR) is 118 cm³/mol. The van der Waals surface area contributed by atoms with Crippen molar-refractivity contribution in [2.24, 2.45) is 12.1 Å². The smallest absolute Gasteiger partial charge is 0.416 e. The number of alkyl halides is 3. The molecule has 4 N–H and O–H groups in total. The van der Waals surface area contributed by atoms with E-state index in [1.807, 2.05) is 0 Å². The maximum atomic E-state index is 12.8. The molecule has 0 saturated heterocycles. The molecule has 2 heterocycles. The Hall–Kier alpha value is -3.45. The molecule has 0 aliphatic heterocycles. The van der Waals surface area contributed by atoms with Crippen molar-refractivity contribution in [1.29, 1.82) is 0 Å². The van der Waals surface area contributed by atoms with E-state index in [4.69, 9.17) is 17.3 Å².